The lowest BCUT2D eigenvalue weighted by molar-refractivity contribution is -0.114. The molecular weight excluding hydrogens is 414 g/mol. The number of amides is 2. The maximum atomic E-state index is 12.7. The topological polar surface area (TPSA) is 79.5 Å². The van der Waals surface area contributed by atoms with Crippen molar-refractivity contribution in [1.82, 2.24) is 5.32 Å². The van der Waals surface area contributed by atoms with Crippen molar-refractivity contribution in [1.29, 1.82) is 0 Å². The highest BCUT2D eigenvalue weighted by Gasteiger charge is 2.18. The minimum Gasteiger partial charge on any atom is -0.489 e. The van der Waals surface area contributed by atoms with Crippen LogP contribution in [0.3, 0.4) is 0 Å². The summed E-state index contributed by atoms with van der Waals surface area (Å²) in [6, 6.07) is 12.4. The van der Waals surface area contributed by atoms with E-state index in [0.29, 0.717) is 34.3 Å². The Morgan fingerprint density at radius 3 is 2.68 bits per heavy atom. The number of nitrogens with one attached hydrogen (secondary N) is 3. The van der Waals surface area contributed by atoms with Gasteiger partial charge in [0, 0.05) is 23.5 Å². The van der Waals surface area contributed by atoms with Gasteiger partial charge >= 0.3 is 0 Å². The predicted octanol–water partition coefficient (Wildman–Crippen LogP) is 5.02. The number of carbonyl (C=O) groups excluding carboxylic acids is 2. The van der Waals surface area contributed by atoms with Crippen LogP contribution in [-0.4, -0.2) is 31.0 Å². The zero-order chi connectivity index (χ0) is 22.1. The molecule has 0 aromatic heterocycles. The Balaban J connectivity index is 1.55. The fraction of sp³-hybridized carbons (Fsp3) is 0.333. The average Bonchev–Trinajstić information content (AvgIpc) is 2.78. The molecule has 0 aliphatic heterocycles. The molecule has 6 nitrogen and oxygen atoms in total. The molecule has 7 heteroatoms. The maximum Gasteiger partial charge on any atom is 0.253 e. The molecule has 0 heterocycles. The molecule has 0 spiro atoms. The molecule has 2 aromatic carbocycles. The third-order valence-electron chi connectivity index (χ3n) is 5.09. The van der Waals surface area contributed by atoms with Crippen LogP contribution >= 0.6 is 11.6 Å². The van der Waals surface area contributed by atoms with Gasteiger partial charge in [-0.05, 0) is 43.2 Å². The number of halogens is 1. The van der Waals surface area contributed by atoms with Crippen molar-refractivity contribution in [3.8, 4) is 5.75 Å². The Hall–Kier alpha value is -2.99. The Kier molecular flexibility index (Phi) is 8.35. The Morgan fingerprint density at radius 1 is 1.10 bits per heavy atom. The van der Waals surface area contributed by atoms with Crippen LogP contribution in [0, 0.1) is 0 Å². The number of benzene rings is 2. The standard InChI is InChI=1S/C24H28ClN3O3/c1-2-13-31-20-10-6-9-19(14-20)27-23(29)16-26-18-11-12-22(25)21(15-18)24(30)28-17-7-4-3-5-8-17/h2,6,9-12,14-15,17,26H,1,3-5,7-8,13,16H2,(H,27,29)(H,28,30). The summed E-state index contributed by atoms with van der Waals surface area (Å²) in [6.07, 6.45) is 7.16. The summed E-state index contributed by atoms with van der Waals surface area (Å²) in [7, 11) is 0. The maximum absolute atomic E-state index is 12.7. The first-order chi connectivity index (χ1) is 15.0. The molecule has 1 aliphatic carbocycles. The molecule has 0 radical (unpaired) electrons. The molecule has 0 bridgehead atoms. The molecule has 0 atom stereocenters. The summed E-state index contributed by atoms with van der Waals surface area (Å²) in [5.41, 5.74) is 1.69. The lowest BCUT2D eigenvalue weighted by atomic mass is 9.95. The monoisotopic (exact) mass is 441 g/mol. The highest BCUT2D eigenvalue weighted by molar-refractivity contribution is 6.34. The summed E-state index contributed by atoms with van der Waals surface area (Å²) in [5, 5.41) is 9.32. The molecule has 164 valence electrons. The highest BCUT2D eigenvalue weighted by atomic mass is 35.5. The minimum absolute atomic E-state index is 0.0447. The number of anilines is 2. The van der Waals surface area contributed by atoms with E-state index < -0.39 is 0 Å². The van der Waals surface area contributed by atoms with Crippen molar-refractivity contribution in [3.05, 3.63) is 65.7 Å². The molecule has 2 amide bonds. The zero-order valence-corrected chi connectivity index (χ0v) is 18.2. The smallest absolute Gasteiger partial charge is 0.253 e. The number of ether oxygens (including phenoxy) is 1. The van der Waals surface area contributed by atoms with E-state index in [2.05, 4.69) is 22.5 Å². The van der Waals surface area contributed by atoms with Gasteiger partial charge in [0.2, 0.25) is 5.91 Å². The summed E-state index contributed by atoms with van der Waals surface area (Å²) in [4.78, 5) is 25.0. The van der Waals surface area contributed by atoms with E-state index in [9.17, 15) is 9.59 Å². The number of hydrogen-bond acceptors (Lipinski definition) is 4. The fourth-order valence-electron chi connectivity index (χ4n) is 3.53. The van der Waals surface area contributed by atoms with E-state index in [-0.39, 0.29) is 24.4 Å². The number of hydrogen-bond donors (Lipinski definition) is 3. The first-order valence-corrected chi connectivity index (χ1v) is 10.9. The second kappa shape index (κ2) is 11.4. The van der Waals surface area contributed by atoms with Gasteiger partial charge in [-0.1, -0.05) is 49.6 Å². The summed E-state index contributed by atoms with van der Waals surface area (Å²) in [5.74, 6) is 0.252. The van der Waals surface area contributed by atoms with E-state index in [1.54, 1.807) is 42.5 Å². The molecule has 31 heavy (non-hydrogen) atoms. The predicted molar refractivity (Wildman–Crippen MR) is 125 cm³/mol. The van der Waals surface area contributed by atoms with Gasteiger partial charge in [-0.2, -0.15) is 0 Å². The van der Waals surface area contributed by atoms with Crippen LogP contribution in [0.1, 0.15) is 42.5 Å². The molecule has 0 saturated heterocycles. The van der Waals surface area contributed by atoms with Gasteiger partial charge in [-0.15, -0.1) is 0 Å². The summed E-state index contributed by atoms with van der Waals surface area (Å²) in [6.45, 7) is 4.05. The Bertz CT molecular complexity index is 926. The van der Waals surface area contributed by atoms with Crippen LogP contribution in [0.4, 0.5) is 11.4 Å². The van der Waals surface area contributed by atoms with Crippen molar-refractivity contribution in [2.24, 2.45) is 0 Å². The molecule has 3 rings (SSSR count). The van der Waals surface area contributed by atoms with Crippen LogP contribution in [0.5, 0.6) is 5.75 Å². The van der Waals surface area contributed by atoms with Crippen molar-refractivity contribution in [3.63, 3.8) is 0 Å². The van der Waals surface area contributed by atoms with E-state index >= 15 is 0 Å². The van der Waals surface area contributed by atoms with Crippen LogP contribution in [0.15, 0.2) is 55.1 Å². The van der Waals surface area contributed by atoms with Crippen LogP contribution in [0.2, 0.25) is 5.02 Å². The number of carbonyl (C=O) groups is 2. The average molecular weight is 442 g/mol. The molecule has 3 N–H and O–H groups in total. The Labute approximate surface area is 188 Å². The lowest BCUT2D eigenvalue weighted by Crippen LogP contribution is -2.36. The third-order valence-corrected chi connectivity index (χ3v) is 5.42. The van der Waals surface area contributed by atoms with Crippen LogP contribution in [-0.2, 0) is 4.79 Å². The van der Waals surface area contributed by atoms with Gasteiger partial charge in [0.05, 0.1) is 17.1 Å². The van der Waals surface area contributed by atoms with Gasteiger partial charge in [-0.3, -0.25) is 9.59 Å². The molecule has 2 aromatic rings. The molecule has 1 saturated carbocycles. The van der Waals surface area contributed by atoms with Crippen molar-refractivity contribution in [2.75, 3.05) is 23.8 Å². The van der Waals surface area contributed by atoms with Gasteiger partial charge in [-0.25, -0.2) is 0 Å². The van der Waals surface area contributed by atoms with Crippen LogP contribution < -0.4 is 20.7 Å². The Morgan fingerprint density at radius 2 is 1.90 bits per heavy atom. The van der Waals surface area contributed by atoms with E-state index in [1.807, 2.05) is 6.07 Å². The van der Waals surface area contributed by atoms with Crippen LogP contribution in [0.25, 0.3) is 0 Å². The second-order valence-electron chi connectivity index (χ2n) is 7.53. The molecule has 1 aliphatic rings. The molecule has 1 fully saturated rings. The fourth-order valence-corrected chi connectivity index (χ4v) is 3.73. The summed E-state index contributed by atoms with van der Waals surface area (Å²) < 4.78 is 5.47. The first kappa shape index (κ1) is 22.7. The SMILES string of the molecule is C=CCOc1cccc(NC(=O)CNc2ccc(Cl)c(C(=O)NC3CCCCC3)c2)c1. The minimum atomic E-state index is -0.218. The quantitative estimate of drug-likeness (QED) is 0.477. The zero-order valence-electron chi connectivity index (χ0n) is 17.5. The van der Waals surface area contributed by atoms with Gasteiger partial charge < -0.3 is 20.7 Å². The van der Waals surface area contributed by atoms with Crippen molar-refractivity contribution < 1.29 is 14.3 Å². The third kappa shape index (κ3) is 7.03. The molecule has 0 unspecified atom stereocenters. The van der Waals surface area contributed by atoms with E-state index in [4.69, 9.17) is 16.3 Å². The number of rotatable bonds is 9. The summed E-state index contributed by atoms with van der Waals surface area (Å²) >= 11 is 6.24. The van der Waals surface area contributed by atoms with Crippen molar-refractivity contribution >= 4 is 34.8 Å². The molecular formula is C24H28ClN3O3. The van der Waals surface area contributed by atoms with Gasteiger partial charge in [0.15, 0.2) is 0 Å². The first-order valence-electron chi connectivity index (χ1n) is 10.5. The van der Waals surface area contributed by atoms with Gasteiger partial charge in [0.25, 0.3) is 5.91 Å². The van der Waals surface area contributed by atoms with E-state index in [0.717, 1.165) is 25.7 Å². The largest absolute Gasteiger partial charge is 0.489 e. The van der Waals surface area contributed by atoms with Crippen molar-refractivity contribution in [2.45, 2.75) is 38.1 Å². The van der Waals surface area contributed by atoms with E-state index in [1.165, 1.54) is 6.42 Å². The normalized spacial score (nSPS) is 13.8. The lowest BCUT2D eigenvalue weighted by Gasteiger charge is -2.23. The second-order valence-corrected chi connectivity index (χ2v) is 7.94. The highest BCUT2D eigenvalue weighted by Crippen LogP contribution is 2.23. The van der Waals surface area contributed by atoms with Gasteiger partial charge in [0.1, 0.15) is 12.4 Å².